The van der Waals surface area contributed by atoms with Crippen molar-refractivity contribution in [3.8, 4) is 5.82 Å². The Bertz CT molecular complexity index is 549. The zero-order chi connectivity index (χ0) is 12.6. The first kappa shape index (κ1) is 11.8. The van der Waals surface area contributed by atoms with Crippen molar-refractivity contribution in [3.63, 3.8) is 0 Å². The first-order chi connectivity index (χ1) is 7.89. The maximum absolute atomic E-state index is 12.4. The number of hydrogen-bond acceptors (Lipinski definition) is 3. The molecule has 0 atom stereocenters. The molecule has 2 aromatic rings. The zero-order valence-corrected chi connectivity index (χ0v) is 9.29. The van der Waals surface area contributed by atoms with Gasteiger partial charge in [0.2, 0.25) is 0 Å². The van der Waals surface area contributed by atoms with Crippen LogP contribution in [-0.4, -0.2) is 19.7 Å². The summed E-state index contributed by atoms with van der Waals surface area (Å²) in [6.45, 7) is 1.60. The summed E-state index contributed by atoms with van der Waals surface area (Å²) in [4.78, 5) is 7.55. The predicted molar refractivity (Wildman–Crippen MR) is 53.9 cm³/mol. The minimum Gasteiger partial charge on any atom is -0.224 e. The number of halogens is 4. The van der Waals surface area contributed by atoms with Gasteiger partial charge in [-0.05, 0) is 13.0 Å². The Balaban J connectivity index is 2.48. The molecule has 0 aliphatic rings. The lowest BCUT2D eigenvalue weighted by molar-refractivity contribution is -0.141. The molecule has 0 bridgehead atoms. The van der Waals surface area contributed by atoms with Crippen molar-refractivity contribution >= 4 is 11.6 Å². The van der Waals surface area contributed by atoms with Crippen LogP contribution in [0.4, 0.5) is 13.2 Å². The molecule has 0 saturated carbocycles. The average Bonchev–Trinajstić information content (AvgIpc) is 2.70. The molecule has 8 heteroatoms. The fraction of sp³-hybridized carbons (Fsp3) is 0.222. The Morgan fingerprint density at radius 2 is 2.00 bits per heavy atom. The highest BCUT2D eigenvalue weighted by Gasteiger charge is 2.33. The van der Waals surface area contributed by atoms with Gasteiger partial charge in [0.15, 0.2) is 11.5 Å². The Morgan fingerprint density at radius 3 is 2.59 bits per heavy atom. The number of rotatable bonds is 1. The molecule has 0 radical (unpaired) electrons. The molecule has 4 nitrogen and oxygen atoms in total. The summed E-state index contributed by atoms with van der Waals surface area (Å²) < 4.78 is 38.1. The molecule has 0 aliphatic carbocycles. The van der Waals surface area contributed by atoms with Crippen molar-refractivity contribution < 1.29 is 13.2 Å². The molecule has 17 heavy (non-hydrogen) atoms. The second-order valence-corrected chi connectivity index (χ2v) is 3.61. The molecule has 0 amide bonds. The first-order valence-electron chi connectivity index (χ1n) is 4.50. The quantitative estimate of drug-likeness (QED) is 0.742. The third-order valence-electron chi connectivity index (χ3n) is 2.09. The topological polar surface area (TPSA) is 43.6 Å². The van der Waals surface area contributed by atoms with Crippen LogP contribution in [0, 0.1) is 6.92 Å². The number of alkyl halides is 3. The molecule has 2 heterocycles. The van der Waals surface area contributed by atoms with Gasteiger partial charge >= 0.3 is 6.18 Å². The van der Waals surface area contributed by atoms with Gasteiger partial charge in [0, 0.05) is 11.8 Å². The van der Waals surface area contributed by atoms with Crippen molar-refractivity contribution in [2.24, 2.45) is 0 Å². The van der Waals surface area contributed by atoms with Gasteiger partial charge in [0.05, 0.1) is 0 Å². The van der Waals surface area contributed by atoms with Crippen LogP contribution in [-0.2, 0) is 6.18 Å². The minimum absolute atomic E-state index is 0.180. The minimum atomic E-state index is -4.48. The molecular weight excluding hydrogens is 257 g/mol. The summed E-state index contributed by atoms with van der Waals surface area (Å²) in [5.41, 5.74) is -0.516. The van der Waals surface area contributed by atoms with E-state index in [0.717, 1.165) is 10.7 Å². The van der Waals surface area contributed by atoms with Crippen molar-refractivity contribution in [1.82, 2.24) is 19.7 Å². The molecule has 0 saturated heterocycles. The van der Waals surface area contributed by atoms with E-state index in [2.05, 4.69) is 15.1 Å². The molecule has 0 N–H and O–H groups in total. The molecule has 0 aromatic carbocycles. The summed E-state index contributed by atoms with van der Waals surface area (Å²) in [6.07, 6.45) is -2.13. The largest absolute Gasteiger partial charge is 0.435 e. The first-order valence-corrected chi connectivity index (χ1v) is 4.87. The third-order valence-corrected chi connectivity index (χ3v) is 2.47. The summed E-state index contributed by atoms with van der Waals surface area (Å²) in [6, 6.07) is 0.870. The van der Waals surface area contributed by atoms with Crippen molar-refractivity contribution in [3.05, 3.63) is 35.0 Å². The second kappa shape index (κ2) is 3.99. The van der Waals surface area contributed by atoms with E-state index in [1.807, 2.05) is 0 Å². The third kappa shape index (κ3) is 2.23. The van der Waals surface area contributed by atoms with Crippen LogP contribution in [0.25, 0.3) is 5.82 Å². The molecule has 90 valence electrons. The van der Waals surface area contributed by atoms with Crippen molar-refractivity contribution in [2.75, 3.05) is 0 Å². The van der Waals surface area contributed by atoms with Gasteiger partial charge in [-0.25, -0.2) is 14.6 Å². The van der Waals surface area contributed by atoms with E-state index in [0.29, 0.717) is 5.56 Å². The fourth-order valence-electron chi connectivity index (χ4n) is 1.24. The van der Waals surface area contributed by atoms with Crippen LogP contribution >= 0.6 is 11.6 Å². The van der Waals surface area contributed by atoms with Crippen molar-refractivity contribution in [2.45, 2.75) is 13.1 Å². The highest BCUT2D eigenvalue weighted by molar-refractivity contribution is 6.30. The van der Waals surface area contributed by atoms with Crippen LogP contribution < -0.4 is 0 Å². The van der Waals surface area contributed by atoms with Gasteiger partial charge in [-0.3, -0.25) is 0 Å². The van der Waals surface area contributed by atoms with E-state index in [1.165, 1.54) is 12.5 Å². The van der Waals surface area contributed by atoms with Gasteiger partial charge in [0.25, 0.3) is 0 Å². The SMILES string of the molecule is Cc1c(Cl)ncnc1-n1ccc(C(F)(F)F)n1. The number of aromatic nitrogens is 4. The van der Waals surface area contributed by atoms with Crippen molar-refractivity contribution in [1.29, 1.82) is 0 Å². The monoisotopic (exact) mass is 262 g/mol. The van der Waals surface area contributed by atoms with E-state index in [9.17, 15) is 13.2 Å². The lowest BCUT2D eigenvalue weighted by Crippen LogP contribution is -2.08. The predicted octanol–water partition coefficient (Wildman–Crippen LogP) is 2.64. The molecule has 0 spiro atoms. The maximum atomic E-state index is 12.4. The Morgan fingerprint density at radius 1 is 1.29 bits per heavy atom. The molecule has 2 rings (SSSR count). The lowest BCUT2D eigenvalue weighted by atomic mass is 10.3. The summed E-state index contributed by atoms with van der Waals surface area (Å²) in [5, 5.41) is 3.58. The van der Waals surface area contributed by atoms with Crippen LogP contribution in [0.3, 0.4) is 0 Å². The van der Waals surface area contributed by atoms with Crippen LogP contribution in [0.15, 0.2) is 18.6 Å². The zero-order valence-electron chi connectivity index (χ0n) is 8.53. The van der Waals surface area contributed by atoms with Gasteiger partial charge in [-0.2, -0.15) is 18.3 Å². The highest BCUT2D eigenvalue weighted by Crippen LogP contribution is 2.28. The average molecular weight is 263 g/mol. The Hall–Kier alpha value is -1.63. The van der Waals surface area contributed by atoms with E-state index in [1.54, 1.807) is 6.92 Å². The van der Waals surface area contributed by atoms with Gasteiger partial charge in [-0.15, -0.1) is 0 Å². The highest BCUT2D eigenvalue weighted by atomic mass is 35.5. The normalized spacial score (nSPS) is 11.8. The molecule has 0 aliphatic heterocycles. The number of nitrogens with zero attached hydrogens (tertiary/aromatic N) is 4. The molecule has 0 unspecified atom stereocenters. The standard InChI is InChI=1S/C9H6ClF3N4/c1-5-7(10)14-4-15-8(5)17-3-2-6(16-17)9(11,12)13/h2-4H,1H3. The van der Waals surface area contributed by atoms with Crippen LogP contribution in [0.5, 0.6) is 0 Å². The Labute approximate surface area is 99.1 Å². The summed E-state index contributed by atoms with van der Waals surface area (Å²) in [5.74, 6) is 0.223. The Kier molecular flexibility index (Phi) is 2.78. The van der Waals surface area contributed by atoms with Gasteiger partial charge in [-0.1, -0.05) is 11.6 Å². The van der Waals surface area contributed by atoms with Gasteiger partial charge in [0.1, 0.15) is 11.5 Å². The second-order valence-electron chi connectivity index (χ2n) is 3.26. The molecule has 2 aromatic heterocycles. The fourth-order valence-corrected chi connectivity index (χ4v) is 1.37. The number of hydrogen-bond donors (Lipinski definition) is 0. The molecule has 0 fully saturated rings. The summed E-state index contributed by atoms with van der Waals surface area (Å²) >= 11 is 5.75. The van der Waals surface area contributed by atoms with Gasteiger partial charge < -0.3 is 0 Å². The van der Waals surface area contributed by atoms with Crippen LogP contribution in [0.1, 0.15) is 11.3 Å². The maximum Gasteiger partial charge on any atom is 0.435 e. The van der Waals surface area contributed by atoms with E-state index >= 15 is 0 Å². The summed E-state index contributed by atoms with van der Waals surface area (Å²) in [7, 11) is 0. The van der Waals surface area contributed by atoms with Crippen LogP contribution in [0.2, 0.25) is 5.15 Å². The molecular formula is C9H6ClF3N4. The smallest absolute Gasteiger partial charge is 0.224 e. The van der Waals surface area contributed by atoms with E-state index in [4.69, 9.17) is 11.6 Å². The van der Waals surface area contributed by atoms with E-state index in [-0.39, 0.29) is 11.0 Å². The van der Waals surface area contributed by atoms with E-state index < -0.39 is 11.9 Å². The lowest BCUT2D eigenvalue weighted by Gasteiger charge is -2.05.